The van der Waals surface area contributed by atoms with E-state index in [2.05, 4.69) is 30.4 Å². The second-order valence-electron chi connectivity index (χ2n) is 12.6. The lowest BCUT2D eigenvalue weighted by Crippen LogP contribution is -2.48. The number of rotatable bonds is 12. The lowest BCUT2D eigenvalue weighted by Gasteiger charge is -2.36. The Labute approximate surface area is 311 Å². The Bertz CT molecular complexity index is 2410. The van der Waals surface area contributed by atoms with Gasteiger partial charge in [0.2, 0.25) is 0 Å². The summed E-state index contributed by atoms with van der Waals surface area (Å²) in [5.41, 5.74) is 7.78. The molecule has 4 aromatic heterocycles. The van der Waals surface area contributed by atoms with Crippen molar-refractivity contribution in [1.29, 1.82) is 0 Å². The van der Waals surface area contributed by atoms with Gasteiger partial charge in [-0.1, -0.05) is 24.3 Å². The molecule has 4 N–H and O–H groups in total. The van der Waals surface area contributed by atoms with Crippen LogP contribution in [0, 0.1) is 17.5 Å². The monoisotopic (exact) mass is 746 g/mol. The molecule has 0 aliphatic rings. The molecule has 14 heteroatoms. The molecule has 4 heterocycles. The van der Waals surface area contributed by atoms with E-state index in [1.807, 2.05) is 36.4 Å². The van der Waals surface area contributed by atoms with Gasteiger partial charge in [-0.15, -0.1) is 0 Å². The molecule has 0 saturated heterocycles. The highest BCUT2D eigenvalue weighted by atomic mass is 19.3. The van der Waals surface area contributed by atoms with E-state index in [1.165, 1.54) is 24.4 Å². The lowest BCUT2D eigenvalue weighted by atomic mass is 9.84. The average molecular weight is 747 g/mol. The fraction of sp³-hybridized carbons (Fsp3) is 0.0976. The molecule has 0 aliphatic heterocycles. The zero-order valence-corrected chi connectivity index (χ0v) is 28.8. The summed E-state index contributed by atoms with van der Waals surface area (Å²) in [6, 6.07) is 25.0. The zero-order valence-electron chi connectivity index (χ0n) is 28.8. The maximum atomic E-state index is 16.2. The van der Waals surface area contributed by atoms with Gasteiger partial charge in [0.25, 0.3) is 0 Å². The van der Waals surface area contributed by atoms with E-state index in [4.69, 9.17) is 5.73 Å². The summed E-state index contributed by atoms with van der Waals surface area (Å²) in [7, 11) is 0. The van der Waals surface area contributed by atoms with Crippen molar-refractivity contribution in [3.8, 4) is 11.1 Å². The van der Waals surface area contributed by atoms with Gasteiger partial charge in [0.1, 0.15) is 35.8 Å². The Balaban J connectivity index is 1.05. The summed E-state index contributed by atoms with van der Waals surface area (Å²) in [4.78, 5) is 16.4. The molecular weight excluding hydrogens is 715 g/mol. The van der Waals surface area contributed by atoms with Crippen LogP contribution in [0.1, 0.15) is 33.6 Å². The summed E-state index contributed by atoms with van der Waals surface area (Å²) < 4.78 is 75.4. The third-order valence-corrected chi connectivity index (χ3v) is 9.03. The molecule has 1 atom stereocenters. The molecule has 7 rings (SSSR count). The predicted molar refractivity (Wildman–Crippen MR) is 196 cm³/mol. The maximum Gasteiger partial charge on any atom is 0.323 e. The van der Waals surface area contributed by atoms with Crippen LogP contribution in [0.5, 0.6) is 0 Å². The highest BCUT2D eigenvalue weighted by Crippen LogP contribution is 2.47. The Morgan fingerprint density at radius 1 is 0.745 bits per heavy atom. The maximum absolute atomic E-state index is 16.2. The minimum atomic E-state index is -4.15. The van der Waals surface area contributed by atoms with Crippen LogP contribution in [0.25, 0.3) is 22.4 Å². The lowest BCUT2D eigenvalue weighted by molar-refractivity contribution is -0.207. The Kier molecular flexibility index (Phi) is 10.2. The van der Waals surface area contributed by atoms with Crippen molar-refractivity contribution < 1.29 is 27.1 Å². The molecule has 0 saturated carbocycles. The van der Waals surface area contributed by atoms with Gasteiger partial charge in [-0.2, -0.15) is 13.9 Å². The number of halogens is 5. The summed E-state index contributed by atoms with van der Waals surface area (Å²) in [6.07, 6.45) is 8.45. The topological polar surface area (TPSA) is 128 Å². The van der Waals surface area contributed by atoms with Gasteiger partial charge in [0.05, 0.1) is 12.2 Å². The highest BCUT2D eigenvalue weighted by Gasteiger charge is 2.57. The smallest absolute Gasteiger partial charge is 0.323 e. The van der Waals surface area contributed by atoms with Crippen molar-refractivity contribution in [2.45, 2.75) is 24.6 Å². The summed E-state index contributed by atoms with van der Waals surface area (Å²) in [5, 5.41) is 18.6. The van der Waals surface area contributed by atoms with Crippen molar-refractivity contribution in [2.75, 3.05) is 5.32 Å². The van der Waals surface area contributed by atoms with E-state index >= 15 is 8.78 Å². The molecule has 0 bridgehead atoms. The van der Waals surface area contributed by atoms with E-state index in [0.717, 1.165) is 52.3 Å². The Morgan fingerprint density at radius 2 is 1.47 bits per heavy atom. The van der Waals surface area contributed by atoms with Gasteiger partial charge in [-0.05, 0) is 95.1 Å². The first-order valence-electron chi connectivity index (χ1n) is 16.8. The summed E-state index contributed by atoms with van der Waals surface area (Å²) >= 11 is 0. The summed E-state index contributed by atoms with van der Waals surface area (Å²) in [5.74, 6) is -6.85. The van der Waals surface area contributed by atoms with Crippen LogP contribution >= 0.6 is 0 Å². The van der Waals surface area contributed by atoms with Gasteiger partial charge < -0.3 is 16.2 Å². The standard InChI is InChI=1S/C41H31F5N8O/c42-31-7-2-29(3-8-31)39(47)38(28-15-17-48-18-16-28)36-13-1-26(21-51-36)20-50-33-10-4-27(5-11-33)30-6-14-37(52-22-30)41(45,46)40(55,23-54-25-49-24-53-54)34-12-9-32(43)19-35(34)44/h1-19,21-22,24-25,50,55H,20,23,47H2/b39-38-. The second kappa shape index (κ2) is 15.3. The molecule has 0 fully saturated rings. The molecule has 0 amide bonds. The molecule has 55 heavy (non-hydrogen) atoms. The predicted octanol–water partition coefficient (Wildman–Crippen LogP) is 7.71. The number of aromatic nitrogens is 6. The number of hydrogen-bond donors (Lipinski definition) is 3. The summed E-state index contributed by atoms with van der Waals surface area (Å²) in [6.45, 7) is -0.456. The first kappa shape index (κ1) is 36.6. The molecular formula is C41H31F5N8O. The molecule has 3 aromatic carbocycles. The molecule has 0 spiro atoms. The molecule has 0 aliphatic carbocycles. The van der Waals surface area contributed by atoms with E-state index in [1.54, 1.807) is 42.9 Å². The number of anilines is 1. The van der Waals surface area contributed by atoms with E-state index in [-0.39, 0.29) is 5.82 Å². The van der Waals surface area contributed by atoms with Gasteiger partial charge >= 0.3 is 5.92 Å². The van der Waals surface area contributed by atoms with Crippen LogP contribution in [-0.2, 0) is 24.6 Å². The Morgan fingerprint density at radius 3 is 2.11 bits per heavy atom. The fourth-order valence-corrected chi connectivity index (χ4v) is 6.08. The quantitative estimate of drug-likeness (QED) is 0.109. The number of nitrogens with one attached hydrogen (secondary N) is 1. The minimum absolute atomic E-state index is 0.364. The molecule has 9 nitrogen and oxygen atoms in total. The first-order chi connectivity index (χ1) is 26.5. The molecule has 0 radical (unpaired) electrons. The van der Waals surface area contributed by atoms with Gasteiger partial charge in [-0.25, -0.2) is 22.8 Å². The third-order valence-electron chi connectivity index (χ3n) is 9.03. The van der Waals surface area contributed by atoms with Crippen LogP contribution < -0.4 is 11.1 Å². The van der Waals surface area contributed by atoms with Crippen LogP contribution in [0.15, 0.2) is 141 Å². The number of aliphatic hydroxyl groups is 1. The van der Waals surface area contributed by atoms with Crippen molar-refractivity contribution >= 4 is 17.0 Å². The number of nitrogens with two attached hydrogens (primary N) is 1. The number of hydrogen-bond acceptors (Lipinski definition) is 8. The van der Waals surface area contributed by atoms with Crippen molar-refractivity contribution in [3.63, 3.8) is 0 Å². The first-order valence-corrected chi connectivity index (χ1v) is 16.8. The van der Waals surface area contributed by atoms with Crippen molar-refractivity contribution in [1.82, 2.24) is 29.7 Å². The van der Waals surface area contributed by atoms with Gasteiger partial charge in [-0.3, -0.25) is 15.0 Å². The van der Waals surface area contributed by atoms with Crippen LogP contribution in [0.4, 0.5) is 27.6 Å². The molecule has 276 valence electrons. The largest absolute Gasteiger partial charge is 0.398 e. The van der Waals surface area contributed by atoms with Gasteiger partial charge in [0.15, 0.2) is 5.60 Å². The number of pyridine rings is 3. The number of alkyl halides is 2. The van der Waals surface area contributed by atoms with Crippen LogP contribution in [0.3, 0.4) is 0 Å². The fourth-order valence-electron chi connectivity index (χ4n) is 6.08. The number of nitrogens with zero attached hydrogens (tertiary/aromatic N) is 6. The van der Waals surface area contributed by atoms with Crippen molar-refractivity contribution in [3.05, 3.63) is 192 Å². The minimum Gasteiger partial charge on any atom is -0.398 e. The second-order valence-corrected chi connectivity index (χ2v) is 12.6. The Hall–Kier alpha value is -6.80. The number of benzene rings is 3. The van der Waals surface area contributed by atoms with Gasteiger partial charge in [0, 0.05) is 65.5 Å². The van der Waals surface area contributed by atoms with E-state index in [9.17, 15) is 18.3 Å². The molecule has 7 aromatic rings. The van der Waals surface area contributed by atoms with E-state index in [0.29, 0.717) is 46.3 Å². The van der Waals surface area contributed by atoms with E-state index < -0.39 is 41.0 Å². The SMILES string of the molecule is N/C(=C(/c1ccncc1)c1ccc(CNc2ccc(-c3ccc(C(F)(F)C(O)(Cn4cncn4)c4ccc(F)cc4F)nc3)cc2)cn1)c1ccc(F)cc1. The van der Waals surface area contributed by atoms with Crippen molar-refractivity contribution in [2.24, 2.45) is 5.73 Å². The zero-order chi connectivity index (χ0) is 38.6. The highest BCUT2D eigenvalue weighted by molar-refractivity contribution is 5.96. The molecule has 1 unspecified atom stereocenters. The normalized spacial score (nSPS) is 13.2. The average Bonchev–Trinajstić information content (AvgIpc) is 3.71. The third kappa shape index (κ3) is 7.66. The van der Waals surface area contributed by atoms with Crippen LogP contribution in [-0.4, -0.2) is 34.8 Å². The van der Waals surface area contributed by atoms with Crippen LogP contribution in [0.2, 0.25) is 0 Å².